The first-order chi connectivity index (χ1) is 14.6. The summed E-state index contributed by atoms with van der Waals surface area (Å²) in [7, 11) is -3.36. The largest absolute Gasteiger partial charge is 0.296 e. The van der Waals surface area contributed by atoms with Gasteiger partial charge in [-0.15, -0.1) is 0 Å². The number of aromatic nitrogens is 3. The molecular formula is C21H18N4O4S2. The molecule has 31 heavy (non-hydrogen) atoms. The summed E-state index contributed by atoms with van der Waals surface area (Å²) in [4.78, 5) is 29.4. The Morgan fingerprint density at radius 1 is 1.06 bits per heavy atom. The summed E-state index contributed by atoms with van der Waals surface area (Å²) in [5.74, 6) is -0.689. The maximum atomic E-state index is 12.7. The molecular weight excluding hydrogens is 436 g/mol. The van der Waals surface area contributed by atoms with Crippen molar-refractivity contribution in [3.8, 4) is 5.69 Å². The monoisotopic (exact) mass is 454 g/mol. The standard InChI is InChI=1S/C21H18N4O4S2/c1-12-4-5-14(10-13(12)2)25-9-8-17(26)19(24-25)20(27)23-21-22-16-7-6-15(31(3,28)29)11-18(16)30-21/h4-11H,1-3H3,(H,22,23,27). The number of amides is 1. The van der Waals surface area contributed by atoms with Gasteiger partial charge in [-0.3, -0.25) is 14.9 Å². The Morgan fingerprint density at radius 3 is 2.55 bits per heavy atom. The number of sulfone groups is 1. The predicted octanol–water partition coefficient (Wildman–Crippen LogP) is 3.11. The lowest BCUT2D eigenvalue weighted by Gasteiger charge is -2.09. The number of fused-ring (bicyclic) bond motifs is 1. The van der Waals surface area contributed by atoms with E-state index in [4.69, 9.17) is 0 Å². The molecule has 0 aliphatic carbocycles. The van der Waals surface area contributed by atoms with Crippen LogP contribution < -0.4 is 10.7 Å². The number of rotatable bonds is 4. The molecule has 0 saturated carbocycles. The molecule has 0 radical (unpaired) electrons. The molecule has 0 saturated heterocycles. The molecule has 2 aromatic carbocycles. The van der Waals surface area contributed by atoms with Crippen molar-refractivity contribution in [2.45, 2.75) is 18.7 Å². The maximum Gasteiger partial charge on any atom is 0.281 e. The number of carbonyl (C=O) groups excluding carboxylic acids is 1. The van der Waals surface area contributed by atoms with Crippen LogP contribution in [0.2, 0.25) is 0 Å². The topological polar surface area (TPSA) is 111 Å². The van der Waals surface area contributed by atoms with Crippen molar-refractivity contribution in [2.24, 2.45) is 0 Å². The highest BCUT2D eigenvalue weighted by atomic mass is 32.2. The average Bonchev–Trinajstić information content (AvgIpc) is 3.11. The van der Waals surface area contributed by atoms with Gasteiger partial charge in [-0.25, -0.2) is 18.1 Å². The zero-order valence-corrected chi connectivity index (χ0v) is 18.5. The van der Waals surface area contributed by atoms with Crippen LogP contribution in [0.3, 0.4) is 0 Å². The molecule has 0 spiro atoms. The molecule has 0 bridgehead atoms. The molecule has 0 aliphatic rings. The number of carbonyl (C=O) groups is 1. The van der Waals surface area contributed by atoms with E-state index in [1.165, 1.54) is 29.1 Å². The average molecular weight is 455 g/mol. The van der Waals surface area contributed by atoms with Crippen LogP contribution in [0.15, 0.2) is 58.4 Å². The summed E-state index contributed by atoms with van der Waals surface area (Å²) < 4.78 is 25.6. The number of nitrogens with zero attached hydrogens (tertiary/aromatic N) is 3. The van der Waals surface area contributed by atoms with Crippen molar-refractivity contribution >= 4 is 42.4 Å². The van der Waals surface area contributed by atoms with E-state index in [0.717, 1.165) is 34.4 Å². The summed E-state index contributed by atoms with van der Waals surface area (Å²) in [5.41, 5.74) is 2.67. The first-order valence-corrected chi connectivity index (χ1v) is 11.9. The third kappa shape index (κ3) is 4.25. The summed E-state index contributed by atoms with van der Waals surface area (Å²) in [6, 6.07) is 11.5. The number of thiazole rings is 1. The lowest BCUT2D eigenvalue weighted by Crippen LogP contribution is -2.25. The third-order valence-corrected chi connectivity index (χ3v) is 6.83. The number of hydrogen-bond donors (Lipinski definition) is 1. The van der Waals surface area contributed by atoms with Crippen molar-refractivity contribution in [1.82, 2.24) is 14.8 Å². The molecule has 4 aromatic rings. The van der Waals surface area contributed by atoms with Gasteiger partial charge in [0.25, 0.3) is 5.91 Å². The van der Waals surface area contributed by atoms with E-state index in [9.17, 15) is 18.0 Å². The van der Waals surface area contributed by atoms with E-state index in [1.54, 1.807) is 6.07 Å². The minimum absolute atomic E-state index is 0.169. The lowest BCUT2D eigenvalue weighted by atomic mass is 10.1. The maximum absolute atomic E-state index is 12.7. The van der Waals surface area contributed by atoms with Crippen LogP contribution in [-0.2, 0) is 9.84 Å². The quantitative estimate of drug-likeness (QED) is 0.507. The van der Waals surface area contributed by atoms with Crippen molar-refractivity contribution < 1.29 is 13.2 Å². The van der Waals surface area contributed by atoms with Crippen molar-refractivity contribution in [2.75, 3.05) is 11.6 Å². The highest BCUT2D eigenvalue weighted by molar-refractivity contribution is 7.90. The molecule has 0 aliphatic heterocycles. The van der Waals surface area contributed by atoms with E-state index in [2.05, 4.69) is 15.4 Å². The minimum atomic E-state index is -3.36. The van der Waals surface area contributed by atoms with Gasteiger partial charge in [-0.05, 0) is 55.3 Å². The predicted molar refractivity (Wildman–Crippen MR) is 120 cm³/mol. The number of aryl methyl sites for hydroxylation is 2. The fourth-order valence-corrected chi connectivity index (χ4v) is 4.54. The molecule has 1 N–H and O–H groups in total. The molecule has 2 aromatic heterocycles. The minimum Gasteiger partial charge on any atom is -0.296 e. The van der Waals surface area contributed by atoms with E-state index < -0.39 is 21.2 Å². The van der Waals surface area contributed by atoms with E-state index in [0.29, 0.717) is 10.2 Å². The molecule has 10 heteroatoms. The SMILES string of the molecule is Cc1ccc(-n2ccc(=O)c(C(=O)Nc3nc4ccc(S(C)(=O)=O)cc4s3)n2)cc1C. The lowest BCUT2D eigenvalue weighted by molar-refractivity contribution is 0.101. The molecule has 0 atom stereocenters. The van der Waals surface area contributed by atoms with Crippen molar-refractivity contribution in [3.05, 3.63) is 75.7 Å². The van der Waals surface area contributed by atoms with Crippen LogP contribution >= 0.6 is 11.3 Å². The Morgan fingerprint density at radius 2 is 1.84 bits per heavy atom. The second-order valence-corrected chi connectivity index (χ2v) is 10.2. The van der Waals surface area contributed by atoms with Gasteiger partial charge < -0.3 is 0 Å². The second kappa shape index (κ2) is 7.71. The first kappa shape index (κ1) is 20.9. The number of nitrogens with one attached hydrogen (secondary N) is 1. The normalized spacial score (nSPS) is 11.6. The Kier molecular flexibility index (Phi) is 5.19. The van der Waals surface area contributed by atoms with Gasteiger partial charge in [-0.1, -0.05) is 17.4 Å². The van der Waals surface area contributed by atoms with Crippen LogP contribution in [0.25, 0.3) is 15.9 Å². The Balaban J connectivity index is 1.65. The molecule has 4 rings (SSSR count). The first-order valence-electron chi connectivity index (χ1n) is 9.21. The molecule has 2 heterocycles. The molecule has 0 fully saturated rings. The summed E-state index contributed by atoms with van der Waals surface area (Å²) in [5, 5.41) is 7.03. The summed E-state index contributed by atoms with van der Waals surface area (Å²) in [6.45, 7) is 3.96. The van der Waals surface area contributed by atoms with Gasteiger partial charge in [0.15, 0.2) is 20.7 Å². The van der Waals surface area contributed by atoms with Crippen molar-refractivity contribution in [3.63, 3.8) is 0 Å². The Hall–Kier alpha value is -3.37. The van der Waals surface area contributed by atoms with E-state index in [1.807, 2.05) is 32.0 Å². The number of hydrogen-bond acceptors (Lipinski definition) is 7. The molecule has 8 nitrogen and oxygen atoms in total. The van der Waals surface area contributed by atoms with Gasteiger partial charge in [0.2, 0.25) is 5.43 Å². The van der Waals surface area contributed by atoms with E-state index in [-0.39, 0.29) is 15.7 Å². The van der Waals surface area contributed by atoms with Crippen LogP contribution in [0, 0.1) is 13.8 Å². The second-order valence-electron chi connectivity index (χ2n) is 7.12. The third-order valence-electron chi connectivity index (χ3n) is 4.79. The number of benzene rings is 2. The Labute approximate surface area is 182 Å². The fourth-order valence-electron chi connectivity index (χ4n) is 2.92. The van der Waals surface area contributed by atoms with Crippen LogP contribution in [0.1, 0.15) is 21.6 Å². The van der Waals surface area contributed by atoms with Crippen molar-refractivity contribution in [1.29, 1.82) is 0 Å². The highest BCUT2D eigenvalue weighted by Crippen LogP contribution is 2.28. The molecule has 1 amide bonds. The zero-order chi connectivity index (χ0) is 22.3. The van der Waals surface area contributed by atoms with Gasteiger partial charge in [0.05, 0.1) is 20.8 Å². The van der Waals surface area contributed by atoms with Crippen LogP contribution in [0.4, 0.5) is 5.13 Å². The van der Waals surface area contributed by atoms with Gasteiger partial charge >= 0.3 is 0 Å². The number of anilines is 1. The van der Waals surface area contributed by atoms with Gasteiger partial charge in [-0.2, -0.15) is 5.10 Å². The summed E-state index contributed by atoms with van der Waals surface area (Å²) >= 11 is 1.12. The fraction of sp³-hybridized carbons (Fsp3) is 0.143. The molecule has 0 unspecified atom stereocenters. The van der Waals surface area contributed by atoms with E-state index >= 15 is 0 Å². The Bertz CT molecular complexity index is 1500. The van der Waals surface area contributed by atoms with Crippen LogP contribution in [0.5, 0.6) is 0 Å². The highest BCUT2D eigenvalue weighted by Gasteiger charge is 2.17. The summed E-state index contributed by atoms with van der Waals surface area (Å²) in [6.07, 6.45) is 2.63. The van der Waals surface area contributed by atoms with Gasteiger partial charge in [0, 0.05) is 18.5 Å². The van der Waals surface area contributed by atoms with Gasteiger partial charge in [0.1, 0.15) is 0 Å². The smallest absolute Gasteiger partial charge is 0.281 e. The van der Waals surface area contributed by atoms with Crippen LogP contribution in [-0.4, -0.2) is 35.3 Å². The molecule has 158 valence electrons. The zero-order valence-electron chi connectivity index (χ0n) is 16.9.